The van der Waals surface area contributed by atoms with Crippen molar-refractivity contribution in [2.45, 2.75) is 31.3 Å². The largest absolute Gasteiger partial charge is 0.492 e. The molecule has 30 heavy (non-hydrogen) atoms. The Kier molecular flexibility index (Phi) is 7.10. The Hall–Kier alpha value is -2.87. The smallest absolute Gasteiger partial charge is 0.230 e. The molecule has 1 amide bonds. The Labute approximate surface area is 181 Å². The summed E-state index contributed by atoms with van der Waals surface area (Å²) in [5.74, 6) is 1.74. The molecule has 0 atom stereocenters. The van der Waals surface area contributed by atoms with Gasteiger partial charge in [0.15, 0.2) is 11.0 Å². The Morgan fingerprint density at radius 3 is 2.47 bits per heavy atom. The van der Waals surface area contributed by atoms with Crippen molar-refractivity contribution in [2.24, 2.45) is 7.05 Å². The summed E-state index contributed by atoms with van der Waals surface area (Å²) < 4.78 is 7.58. The van der Waals surface area contributed by atoms with Gasteiger partial charge in [0.2, 0.25) is 5.91 Å². The fourth-order valence-corrected chi connectivity index (χ4v) is 3.53. The number of carbonyl (C=O) groups is 1. The second kappa shape index (κ2) is 9.75. The fourth-order valence-electron chi connectivity index (χ4n) is 2.78. The fraction of sp³-hybridized carbons (Fsp3) is 0.364. The van der Waals surface area contributed by atoms with Crippen molar-refractivity contribution in [2.75, 3.05) is 18.9 Å². The van der Waals surface area contributed by atoms with E-state index in [4.69, 9.17) is 4.74 Å². The standard InChI is InChI=1S/C22H27N5O2S/c1-22(2,3)17-5-7-18(8-6-17)29-14-13-24-19(28)15-30-21-26-25-20(27(21)4)16-9-11-23-12-10-16/h5-12H,13-15H2,1-4H3,(H,24,28). The van der Waals surface area contributed by atoms with Gasteiger partial charge in [-0.05, 0) is 35.2 Å². The first-order valence-corrected chi connectivity index (χ1v) is 10.8. The molecule has 0 saturated heterocycles. The van der Waals surface area contributed by atoms with Gasteiger partial charge in [0.25, 0.3) is 0 Å². The summed E-state index contributed by atoms with van der Waals surface area (Å²) in [4.78, 5) is 16.1. The first-order chi connectivity index (χ1) is 14.3. The van der Waals surface area contributed by atoms with Crippen LogP contribution in [-0.2, 0) is 17.3 Å². The van der Waals surface area contributed by atoms with Crippen LogP contribution in [-0.4, -0.2) is 44.6 Å². The van der Waals surface area contributed by atoms with Crippen LogP contribution in [0.25, 0.3) is 11.4 Å². The minimum absolute atomic E-state index is 0.0693. The summed E-state index contributed by atoms with van der Waals surface area (Å²) in [5, 5.41) is 11.9. The number of hydrogen-bond acceptors (Lipinski definition) is 6. The summed E-state index contributed by atoms with van der Waals surface area (Å²) >= 11 is 1.35. The Morgan fingerprint density at radius 2 is 1.80 bits per heavy atom. The number of ether oxygens (including phenoxy) is 1. The van der Waals surface area contributed by atoms with Gasteiger partial charge in [0.05, 0.1) is 12.3 Å². The molecule has 0 fully saturated rings. The van der Waals surface area contributed by atoms with Gasteiger partial charge >= 0.3 is 0 Å². The Bertz CT molecular complexity index is 965. The third-order valence-electron chi connectivity index (χ3n) is 4.52. The van der Waals surface area contributed by atoms with Gasteiger partial charge in [-0.3, -0.25) is 9.78 Å². The summed E-state index contributed by atoms with van der Waals surface area (Å²) in [6.45, 7) is 7.40. The highest BCUT2D eigenvalue weighted by Crippen LogP contribution is 2.24. The highest BCUT2D eigenvalue weighted by atomic mass is 32.2. The van der Waals surface area contributed by atoms with Crippen LogP contribution in [0.2, 0.25) is 0 Å². The SMILES string of the molecule is Cn1c(SCC(=O)NCCOc2ccc(C(C)(C)C)cc2)nnc1-c1ccncc1. The zero-order valence-electron chi connectivity index (χ0n) is 17.8. The van der Waals surface area contributed by atoms with Crippen LogP contribution in [0.5, 0.6) is 5.75 Å². The van der Waals surface area contributed by atoms with Gasteiger partial charge in [-0.15, -0.1) is 10.2 Å². The molecule has 0 saturated carbocycles. The molecule has 0 aliphatic rings. The number of hydrogen-bond donors (Lipinski definition) is 1. The predicted molar refractivity (Wildman–Crippen MR) is 119 cm³/mol. The molecule has 0 bridgehead atoms. The Balaban J connectivity index is 1.40. The Morgan fingerprint density at radius 1 is 1.10 bits per heavy atom. The molecule has 3 rings (SSSR count). The molecule has 3 aromatic rings. The van der Waals surface area contributed by atoms with Gasteiger partial charge in [0.1, 0.15) is 12.4 Å². The summed E-state index contributed by atoms with van der Waals surface area (Å²) in [6, 6.07) is 11.8. The molecule has 2 heterocycles. The van der Waals surface area contributed by atoms with E-state index in [1.165, 1.54) is 17.3 Å². The number of benzene rings is 1. The number of pyridine rings is 1. The number of nitrogens with zero attached hydrogens (tertiary/aromatic N) is 4. The number of amides is 1. The van der Waals surface area contributed by atoms with Crippen LogP contribution in [0.15, 0.2) is 53.9 Å². The quantitative estimate of drug-likeness (QED) is 0.440. The summed E-state index contributed by atoms with van der Waals surface area (Å²) in [5.41, 5.74) is 2.31. The molecule has 0 spiro atoms. The van der Waals surface area contributed by atoms with Crippen molar-refractivity contribution in [3.63, 3.8) is 0 Å². The highest BCUT2D eigenvalue weighted by molar-refractivity contribution is 7.99. The van der Waals surface area contributed by atoms with E-state index in [9.17, 15) is 4.79 Å². The second-order valence-electron chi connectivity index (χ2n) is 7.86. The lowest BCUT2D eigenvalue weighted by Gasteiger charge is -2.19. The average molecular weight is 426 g/mol. The maximum absolute atomic E-state index is 12.1. The lowest BCUT2D eigenvalue weighted by atomic mass is 9.87. The number of thioether (sulfide) groups is 1. The molecule has 0 unspecified atom stereocenters. The molecule has 0 aliphatic carbocycles. The minimum Gasteiger partial charge on any atom is -0.492 e. The van der Waals surface area contributed by atoms with E-state index in [1.807, 2.05) is 35.9 Å². The molecule has 0 radical (unpaired) electrons. The van der Waals surface area contributed by atoms with Crippen LogP contribution >= 0.6 is 11.8 Å². The van der Waals surface area contributed by atoms with E-state index in [0.717, 1.165) is 17.1 Å². The zero-order chi connectivity index (χ0) is 21.6. The second-order valence-corrected chi connectivity index (χ2v) is 8.81. The van der Waals surface area contributed by atoms with Gasteiger partial charge in [-0.1, -0.05) is 44.7 Å². The van der Waals surface area contributed by atoms with E-state index in [-0.39, 0.29) is 17.1 Å². The third-order valence-corrected chi connectivity index (χ3v) is 5.54. The first kappa shape index (κ1) is 21.8. The normalized spacial score (nSPS) is 11.3. The maximum atomic E-state index is 12.1. The van der Waals surface area contributed by atoms with Crippen LogP contribution in [0.1, 0.15) is 26.3 Å². The van der Waals surface area contributed by atoms with Crippen molar-refractivity contribution in [3.8, 4) is 17.1 Å². The van der Waals surface area contributed by atoms with E-state index in [0.29, 0.717) is 18.3 Å². The molecule has 1 N–H and O–H groups in total. The molecular weight excluding hydrogens is 398 g/mol. The monoisotopic (exact) mass is 425 g/mol. The highest BCUT2D eigenvalue weighted by Gasteiger charge is 2.14. The predicted octanol–water partition coefficient (Wildman–Crippen LogP) is 3.46. The van der Waals surface area contributed by atoms with Crippen molar-refractivity contribution >= 4 is 17.7 Å². The zero-order valence-corrected chi connectivity index (χ0v) is 18.6. The lowest BCUT2D eigenvalue weighted by molar-refractivity contribution is -0.118. The molecule has 8 heteroatoms. The molecule has 2 aromatic heterocycles. The number of nitrogens with one attached hydrogen (secondary N) is 1. The van der Waals surface area contributed by atoms with Crippen molar-refractivity contribution in [1.29, 1.82) is 0 Å². The third kappa shape index (κ3) is 5.82. The van der Waals surface area contributed by atoms with Crippen LogP contribution in [0.3, 0.4) is 0 Å². The molecule has 158 valence electrons. The van der Waals surface area contributed by atoms with Crippen molar-refractivity contribution < 1.29 is 9.53 Å². The summed E-state index contributed by atoms with van der Waals surface area (Å²) in [6.07, 6.45) is 3.43. The molecule has 7 nitrogen and oxygen atoms in total. The first-order valence-electron chi connectivity index (χ1n) is 9.77. The summed E-state index contributed by atoms with van der Waals surface area (Å²) in [7, 11) is 1.88. The number of aromatic nitrogens is 4. The van der Waals surface area contributed by atoms with Crippen LogP contribution in [0, 0.1) is 0 Å². The van der Waals surface area contributed by atoms with Crippen LogP contribution < -0.4 is 10.1 Å². The van der Waals surface area contributed by atoms with Crippen molar-refractivity contribution in [1.82, 2.24) is 25.1 Å². The average Bonchev–Trinajstić information content (AvgIpc) is 3.10. The minimum atomic E-state index is -0.0693. The van der Waals surface area contributed by atoms with Crippen LogP contribution in [0.4, 0.5) is 0 Å². The maximum Gasteiger partial charge on any atom is 0.230 e. The van der Waals surface area contributed by atoms with Gasteiger partial charge in [0, 0.05) is 25.0 Å². The molecule has 0 aliphatic heterocycles. The molecular formula is C22H27N5O2S. The topological polar surface area (TPSA) is 81.9 Å². The number of rotatable bonds is 8. The van der Waals surface area contributed by atoms with E-state index in [1.54, 1.807) is 12.4 Å². The lowest BCUT2D eigenvalue weighted by Crippen LogP contribution is -2.29. The number of carbonyl (C=O) groups excluding carboxylic acids is 1. The van der Waals surface area contributed by atoms with E-state index < -0.39 is 0 Å². The van der Waals surface area contributed by atoms with Gasteiger partial charge < -0.3 is 14.6 Å². The van der Waals surface area contributed by atoms with Gasteiger partial charge in [-0.25, -0.2) is 0 Å². The van der Waals surface area contributed by atoms with Gasteiger partial charge in [-0.2, -0.15) is 0 Å². The van der Waals surface area contributed by atoms with E-state index in [2.05, 4.69) is 53.4 Å². The van der Waals surface area contributed by atoms with E-state index >= 15 is 0 Å². The van der Waals surface area contributed by atoms with Crippen molar-refractivity contribution in [3.05, 3.63) is 54.4 Å². The molecule has 1 aromatic carbocycles.